The van der Waals surface area contributed by atoms with E-state index < -0.39 is 23.5 Å². The van der Waals surface area contributed by atoms with Gasteiger partial charge in [-0.05, 0) is 83.3 Å². The van der Waals surface area contributed by atoms with Gasteiger partial charge in [-0.2, -0.15) is 31.6 Å². The molecule has 0 atom stereocenters. The van der Waals surface area contributed by atoms with Crippen molar-refractivity contribution < 1.29 is 26.3 Å². The number of hydrogen-bond donors (Lipinski definition) is 0. The van der Waals surface area contributed by atoms with Crippen molar-refractivity contribution >= 4 is 21.8 Å². The van der Waals surface area contributed by atoms with E-state index in [4.69, 9.17) is 0 Å². The zero-order valence-corrected chi connectivity index (χ0v) is 21.8. The summed E-state index contributed by atoms with van der Waals surface area (Å²) in [4.78, 5) is 4.03. The molecule has 0 saturated carbocycles. The maximum Gasteiger partial charge on any atom is 0.417 e. The van der Waals surface area contributed by atoms with Crippen LogP contribution in [0.3, 0.4) is 0 Å². The molecule has 0 aliphatic heterocycles. The third-order valence-electron chi connectivity index (χ3n) is 7.33. The molecule has 0 aliphatic rings. The van der Waals surface area contributed by atoms with Gasteiger partial charge in [-0.3, -0.25) is 4.98 Å². The van der Waals surface area contributed by atoms with E-state index in [1.165, 1.54) is 6.07 Å². The fourth-order valence-corrected chi connectivity index (χ4v) is 5.40. The van der Waals surface area contributed by atoms with Crippen LogP contribution in [0.1, 0.15) is 22.3 Å². The standard InChI is InChI=1S/C33H19F6N3/c1-19-14-27(20-10-12-41-13-11-20)22(18-40)16-30(19)42-29-5-3-2-4-25(29)26-8-6-21(15-31(26)42)24-9-7-23(32(34,35)36)17-28(24)33(37,38)39/h2-17H,1H3. The Kier molecular flexibility index (Phi) is 6.30. The highest BCUT2D eigenvalue weighted by Crippen LogP contribution is 2.43. The van der Waals surface area contributed by atoms with Gasteiger partial charge in [-0.25, -0.2) is 0 Å². The van der Waals surface area contributed by atoms with Crippen molar-refractivity contribution in [1.29, 1.82) is 5.26 Å². The molecule has 4 aromatic carbocycles. The van der Waals surface area contributed by atoms with Gasteiger partial charge in [0.2, 0.25) is 0 Å². The number of halogens is 6. The molecule has 0 bridgehead atoms. The maximum atomic E-state index is 14.0. The van der Waals surface area contributed by atoms with Crippen molar-refractivity contribution in [3.8, 4) is 34.0 Å². The Hall–Kier alpha value is -5.10. The molecule has 208 valence electrons. The second kappa shape index (κ2) is 9.77. The van der Waals surface area contributed by atoms with Crippen LogP contribution in [0.25, 0.3) is 49.7 Å². The van der Waals surface area contributed by atoms with E-state index in [0.29, 0.717) is 28.4 Å². The number of rotatable bonds is 3. The summed E-state index contributed by atoms with van der Waals surface area (Å²) in [5, 5.41) is 11.6. The number of para-hydroxylation sites is 1. The molecule has 0 aliphatic carbocycles. The summed E-state index contributed by atoms with van der Waals surface area (Å²) in [5.74, 6) is 0. The molecule has 6 aromatic rings. The van der Waals surface area contributed by atoms with E-state index in [1.807, 2.05) is 41.8 Å². The molecule has 42 heavy (non-hydrogen) atoms. The van der Waals surface area contributed by atoms with Gasteiger partial charge in [0.1, 0.15) is 0 Å². The lowest BCUT2D eigenvalue weighted by Crippen LogP contribution is -2.12. The molecule has 9 heteroatoms. The van der Waals surface area contributed by atoms with Crippen molar-refractivity contribution in [3.05, 3.63) is 120 Å². The maximum absolute atomic E-state index is 14.0. The van der Waals surface area contributed by atoms with Gasteiger partial charge >= 0.3 is 12.4 Å². The highest BCUT2D eigenvalue weighted by atomic mass is 19.4. The van der Waals surface area contributed by atoms with Gasteiger partial charge in [0, 0.05) is 23.2 Å². The lowest BCUT2D eigenvalue weighted by molar-refractivity contribution is -0.142. The quantitative estimate of drug-likeness (QED) is 0.199. The molecule has 6 rings (SSSR count). The lowest BCUT2D eigenvalue weighted by atomic mass is 9.95. The lowest BCUT2D eigenvalue weighted by Gasteiger charge is -2.17. The van der Waals surface area contributed by atoms with Gasteiger partial charge in [0.15, 0.2) is 0 Å². The van der Waals surface area contributed by atoms with Crippen molar-refractivity contribution in [2.24, 2.45) is 0 Å². The van der Waals surface area contributed by atoms with E-state index in [-0.39, 0.29) is 17.2 Å². The number of hydrogen-bond acceptors (Lipinski definition) is 2. The van der Waals surface area contributed by atoms with Crippen molar-refractivity contribution in [2.75, 3.05) is 0 Å². The normalized spacial score (nSPS) is 12.1. The zero-order valence-electron chi connectivity index (χ0n) is 21.8. The number of nitriles is 1. The Morgan fingerprint density at radius 1 is 0.690 bits per heavy atom. The third kappa shape index (κ3) is 4.55. The molecule has 0 fully saturated rings. The molecular weight excluding hydrogens is 552 g/mol. The first kappa shape index (κ1) is 27.1. The Bertz CT molecular complexity index is 2030. The van der Waals surface area contributed by atoms with Crippen molar-refractivity contribution in [1.82, 2.24) is 9.55 Å². The SMILES string of the molecule is Cc1cc(-c2ccncc2)c(C#N)cc1-n1c2ccccc2c2ccc(-c3ccc(C(F)(F)F)cc3C(F)(F)F)cc21. The summed E-state index contributed by atoms with van der Waals surface area (Å²) in [6.45, 7) is 1.88. The monoisotopic (exact) mass is 571 g/mol. The Morgan fingerprint density at radius 3 is 2.10 bits per heavy atom. The van der Waals surface area contributed by atoms with Gasteiger partial charge < -0.3 is 4.57 Å². The average molecular weight is 572 g/mol. The Morgan fingerprint density at radius 2 is 1.40 bits per heavy atom. The predicted octanol–water partition coefficient (Wildman–Crippen LogP) is 9.73. The second-order valence-corrected chi connectivity index (χ2v) is 9.87. The predicted molar refractivity (Wildman–Crippen MR) is 149 cm³/mol. The van der Waals surface area contributed by atoms with Crippen LogP contribution in [-0.2, 0) is 12.4 Å². The fourth-order valence-electron chi connectivity index (χ4n) is 5.40. The highest BCUT2D eigenvalue weighted by Gasteiger charge is 2.38. The van der Waals surface area contributed by atoms with Crippen LogP contribution < -0.4 is 0 Å². The Balaban J connectivity index is 1.63. The molecule has 2 heterocycles. The van der Waals surface area contributed by atoms with E-state index >= 15 is 0 Å². The van der Waals surface area contributed by atoms with Crippen LogP contribution in [-0.4, -0.2) is 9.55 Å². The molecule has 3 nitrogen and oxygen atoms in total. The number of alkyl halides is 6. The summed E-state index contributed by atoms with van der Waals surface area (Å²) in [7, 11) is 0. The van der Waals surface area contributed by atoms with Gasteiger partial charge in [0.25, 0.3) is 0 Å². The first-order valence-electron chi connectivity index (χ1n) is 12.7. The minimum Gasteiger partial charge on any atom is -0.309 e. The second-order valence-electron chi connectivity index (χ2n) is 9.87. The Labute approximate surface area is 235 Å². The van der Waals surface area contributed by atoms with Gasteiger partial charge in [-0.1, -0.05) is 36.4 Å². The molecule has 0 spiro atoms. The number of nitrogens with zero attached hydrogens (tertiary/aromatic N) is 3. The zero-order chi connectivity index (χ0) is 29.8. The van der Waals surface area contributed by atoms with Crippen LogP contribution in [0.5, 0.6) is 0 Å². The summed E-state index contributed by atoms with van der Waals surface area (Å²) in [6, 6.07) is 23.3. The third-order valence-corrected chi connectivity index (χ3v) is 7.33. The average Bonchev–Trinajstić information content (AvgIpc) is 3.29. The van der Waals surface area contributed by atoms with E-state index in [2.05, 4.69) is 11.1 Å². The van der Waals surface area contributed by atoms with E-state index in [1.54, 1.807) is 42.7 Å². The first-order chi connectivity index (χ1) is 20.0. The largest absolute Gasteiger partial charge is 0.417 e. The van der Waals surface area contributed by atoms with Crippen LogP contribution in [0.4, 0.5) is 26.3 Å². The molecule has 0 amide bonds. The van der Waals surface area contributed by atoms with Crippen LogP contribution in [0, 0.1) is 18.3 Å². The number of aromatic nitrogens is 2. The molecule has 0 N–H and O–H groups in total. The van der Waals surface area contributed by atoms with Crippen molar-refractivity contribution in [2.45, 2.75) is 19.3 Å². The number of fused-ring (bicyclic) bond motifs is 3. The van der Waals surface area contributed by atoms with Gasteiger partial charge in [-0.15, -0.1) is 0 Å². The van der Waals surface area contributed by atoms with Crippen LogP contribution >= 0.6 is 0 Å². The minimum atomic E-state index is -5.01. The summed E-state index contributed by atoms with van der Waals surface area (Å²) >= 11 is 0. The fraction of sp³-hybridized carbons (Fsp3) is 0.0909. The first-order valence-corrected chi connectivity index (χ1v) is 12.7. The van der Waals surface area contributed by atoms with E-state index in [0.717, 1.165) is 33.5 Å². The smallest absolute Gasteiger partial charge is 0.309 e. The molecule has 0 saturated heterocycles. The molecular formula is C33H19F6N3. The highest BCUT2D eigenvalue weighted by molar-refractivity contribution is 6.10. The van der Waals surface area contributed by atoms with Crippen molar-refractivity contribution in [3.63, 3.8) is 0 Å². The summed E-state index contributed by atoms with van der Waals surface area (Å²) < 4.78 is 83.9. The van der Waals surface area contributed by atoms with E-state index in [9.17, 15) is 31.6 Å². The minimum absolute atomic E-state index is 0.110. The van der Waals surface area contributed by atoms with Gasteiger partial charge in [0.05, 0.1) is 39.5 Å². The summed E-state index contributed by atoms with van der Waals surface area (Å²) in [6.07, 6.45) is -6.68. The molecule has 0 unspecified atom stereocenters. The molecule has 2 aromatic heterocycles. The summed E-state index contributed by atoms with van der Waals surface area (Å²) in [5.41, 5.74) is 1.68. The molecule has 0 radical (unpaired) electrons. The topological polar surface area (TPSA) is 41.6 Å². The van der Waals surface area contributed by atoms with Crippen LogP contribution in [0.2, 0.25) is 0 Å². The van der Waals surface area contributed by atoms with Crippen LogP contribution in [0.15, 0.2) is 97.3 Å². The number of aryl methyl sites for hydroxylation is 1. The number of pyridine rings is 1. The number of benzene rings is 4.